The second-order valence-corrected chi connectivity index (χ2v) is 7.78. The first-order chi connectivity index (χ1) is 11.3. The largest absolute Gasteiger partial charge is 0.454 e. The Hall–Kier alpha value is -1.75. The van der Waals surface area contributed by atoms with Crippen molar-refractivity contribution in [3.63, 3.8) is 0 Å². The van der Waals surface area contributed by atoms with Crippen molar-refractivity contribution in [2.24, 2.45) is 11.3 Å². The third kappa shape index (κ3) is 5.41. The van der Waals surface area contributed by atoms with E-state index >= 15 is 0 Å². The summed E-state index contributed by atoms with van der Waals surface area (Å²) in [6.45, 7) is 12.0. The fourth-order valence-electron chi connectivity index (χ4n) is 2.41. The summed E-state index contributed by atoms with van der Waals surface area (Å²) in [4.78, 5) is 12.4. The van der Waals surface area contributed by atoms with Crippen LogP contribution in [0, 0.1) is 11.3 Å². The number of fused-ring (bicyclic) bond motifs is 1. The Kier molecular flexibility index (Phi) is 6.10. The van der Waals surface area contributed by atoms with Crippen molar-refractivity contribution in [3.8, 4) is 11.5 Å². The lowest BCUT2D eigenvalue weighted by molar-refractivity contribution is -0.122. The predicted octanol–water partition coefficient (Wildman–Crippen LogP) is 3.16. The van der Waals surface area contributed by atoms with E-state index in [4.69, 9.17) is 14.2 Å². The second kappa shape index (κ2) is 7.88. The summed E-state index contributed by atoms with van der Waals surface area (Å²) in [5, 5.41) is 3.11. The Bertz CT molecular complexity index is 563. The zero-order valence-electron chi connectivity index (χ0n) is 15.3. The molecule has 0 spiro atoms. The number of hydrogen-bond donors (Lipinski definition) is 1. The lowest BCUT2D eigenvalue weighted by atomic mass is 9.87. The molecule has 0 fully saturated rings. The van der Waals surface area contributed by atoms with Crippen LogP contribution in [-0.4, -0.2) is 32.0 Å². The number of carbonyl (C=O) groups excluding carboxylic acids is 1. The maximum absolute atomic E-state index is 12.4. The van der Waals surface area contributed by atoms with Crippen molar-refractivity contribution in [1.82, 2.24) is 5.32 Å². The minimum atomic E-state index is -0.0679. The molecule has 1 amide bonds. The van der Waals surface area contributed by atoms with Gasteiger partial charge in [-0.2, -0.15) is 0 Å². The molecular formula is C19H29NO4. The van der Waals surface area contributed by atoms with Gasteiger partial charge < -0.3 is 19.5 Å². The van der Waals surface area contributed by atoms with Crippen LogP contribution in [-0.2, 0) is 16.0 Å². The highest BCUT2D eigenvalue weighted by molar-refractivity contribution is 5.79. The first kappa shape index (κ1) is 18.6. The molecule has 5 nitrogen and oxygen atoms in total. The van der Waals surface area contributed by atoms with Crippen LogP contribution < -0.4 is 14.8 Å². The standard InChI is InChI=1S/C19H29NO4/c1-13(2)10-22-11-17(19(3,4)5)20-18(21)9-14-6-7-15-16(8-14)24-12-23-15/h6-8,13,17H,9-12H2,1-5H3,(H,20,21). The molecule has 0 radical (unpaired) electrons. The third-order valence-electron chi connectivity index (χ3n) is 3.92. The monoisotopic (exact) mass is 335 g/mol. The lowest BCUT2D eigenvalue weighted by Crippen LogP contribution is -2.47. The molecule has 1 aromatic rings. The molecule has 0 aromatic heterocycles. The van der Waals surface area contributed by atoms with E-state index in [2.05, 4.69) is 39.9 Å². The summed E-state index contributed by atoms with van der Waals surface area (Å²) in [6, 6.07) is 5.58. The Balaban J connectivity index is 1.92. The van der Waals surface area contributed by atoms with E-state index in [0.717, 1.165) is 11.3 Å². The van der Waals surface area contributed by atoms with E-state index in [9.17, 15) is 4.79 Å². The molecule has 1 atom stereocenters. The molecule has 0 aliphatic carbocycles. The number of hydrogen-bond acceptors (Lipinski definition) is 4. The van der Waals surface area contributed by atoms with Gasteiger partial charge in [0.15, 0.2) is 11.5 Å². The van der Waals surface area contributed by atoms with Gasteiger partial charge in [0.1, 0.15) is 0 Å². The summed E-state index contributed by atoms with van der Waals surface area (Å²) in [7, 11) is 0. The minimum Gasteiger partial charge on any atom is -0.454 e. The Morgan fingerprint density at radius 1 is 1.21 bits per heavy atom. The van der Waals surface area contributed by atoms with Crippen molar-refractivity contribution in [1.29, 1.82) is 0 Å². The zero-order chi connectivity index (χ0) is 17.7. The second-order valence-electron chi connectivity index (χ2n) is 7.78. The van der Waals surface area contributed by atoms with E-state index < -0.39 is 0 Å². The molecule has 134 valence electrons. The molecule has 24 heavy (non-hydrogen) atoms. The Morgan fingerprint density at radius 2 is 1.92 bits per heavy atom. The predicted molar refractivity (Wildman–Crippen MR) is 93.3 cm³/mol. The normalized spacial score (nSPS) is 14.8. The number of benzene rings is 1. The van der Waals surface area contributed by atoms with Crippen LogP contribution in [0.1, 0.15) is 40.2 Å². The molecule has 0 saturated heterocycles. The molecule has 1 aromatic carbocycles. The third-order valence-corrected chi connectivity index (χ3v) is 3.92. The number of rotatable bonds is 7. The van der Waals surface area contributed by atoms with E-state index in [-0.39, 0.29) is 24.2 Å². The molecular weight excluding hydrogens is 306 g/mol. The molecule has 0 bridgehead atoms. The van der Waals surface area contributed by atoms with Gasteiger partial charge in [0, 0.05) is 6.61 Å². The van der Waals surface area contributed by atoms with Crippen molar-refractivity contribution in [3.05, 3.63) is 23.8 Å². The highest BCUT2D eigenvalue weighted by Gasteiger charge is 2.26. The maximum atomic E-state index is 12.4. The molecule has 1 aliphatic rings. The van der Waals surface area contributed by atoms with Crippen molar-refractivity contribution in [2.75, 3.05) is 20.0 Å². The van der Waals surface area contributed by atoms with Crippen molar-refractivity contribution >= 4 is 5.91 Å². The number of amides is 1. The van der Waals surface area contributed by atoms with Gasteiger partial charge in [0.25, 0.3) is 0 Å². The zero-order valence-corrected chi connectivity index (χ0v) is 15.3. The smallest absolute Gasteiger partial charge is 0.231 e. The maximum Gasteiger partial charge on any atom is 0.231 e. The van der Waals surface area contributed by atoms with Gasteiger partial charge in [0.2, 0.25) is 12.7 Å². The lowest BCUT2D eigenvalue weighted by Gasteiger charge is -2.31. The number of ether oxygens (including phenoxy) is 3. The fraction of sp³-hybridized carbons (Fsp3) is 0.632. The van der Waals surface area contributed by atoms with E-state index in [1.807, 2.05) is 18.2 Å². The molecule has 1 unspecified atom stereocenters. The minimum absolute atomic E-state index is 0.0121. The van der Waals surface area contributed by atoms with Crippen molar-refractivity contribution in [2.45, 2.75) is 47.1 Å². The molecule has 5 heteroatoms. The van der Waals surface area contributed by atoms with Gasteiger partial charge in [-0.15, -0.1) is 0 Å². The van der Waals surface area contributed by atoms with Crippen LogP contribution in [0.5, 0.6) is 11.5 Å². The fourth-order valence-corrected chi connectivity index (χ4v) is 2.41. The summed E-state index contributed by atoms with van der Waals surface area (Å²) in [5.41, 5.74) is 0.842. The highest BCUT2D eigenvalue weighted by Crippen LogP contribution is 2.32. The summed E-state index contributed by atoms with van der Waals surface area (Å²) in [5.74, 6) is 1.90. The summed E-state index contributed by atoms with van der Waals surface area (Å²) in [6.07, 6.45) is 0.313. The number of nitrogens with one attached hydrogen (secondary N) is 1. The Labute approximate surface area is 144 Å². The van der Waals surface area contributed by atoms with E-state index in [0.29, 0.717) is 31.3 Å². The van der Waals surface area contributed by atoms with Crippen LogP contribution in [0.25, 0.3) is 0 Å². The van der Waals surface area contributed by atoms with Gasteiger partial charge in [-0.25, -0.2) is 0 Å². The van der Waals surface area contributed by atoms with Crippen LogP contribution in [0.4, 0.5) is 0 Å². The van der Waals surface area contributed by atoms with Crippen LogP contribution in [0.2, 0.25) is 0 Å². The first-order valence-electron chi connectivity index (χ1n) is 8.51. The van der Waals surface area contributed by atoms with Gasteiger partial charge in [-0.05, 0) is 29.0 Å². The highest BCUT2D eigenvalue weighted by atomic mass is 16.7. The Morgan fingerprint density at radius 3 is 2.58 bits per heavy atom. The molecule has 1 N–H and O–H groups in total. The average Bonchev–Trinajstić information content (AvgIpc) is 2.92. The van der Waals surface area contributed by atoms with Crippen LogP contribution in [0.15, 0.2) is 18.2 Å². The summed E-state index contributed by atoms with van der Waals surface area (Å²) < 4.78 is 16.4. The molecule has 2 rings (SSSR count). The molecule has 1 aliphatic heterocycles. The topological polar surface area (TPSA) is 56.8 Å². The van der Waals surface area contributed by atoms with Crippen molar-refractivity contribution < 1.29 is 19.0 Å². The van der Waals surface area contributed by atoms with Gasteiger partial charge in [-0.1, -0.05) is 40.7 Å². The van der Waals surface area contributed by atoms with Gasteiger partial charge >= 0.3 is 0 Å². The summed E-state index contributed by atoms with van der Waals surface area (Å²) >= 11 is 0. The average molecular weight is 335 g/mol. The molecule has 0 saturated carbocycles. The molecule has 1 heterocycles. The van der Waals surface area contributed by atoms with Gasteiger partial charge in [0.05, 0.1) is 19.1 Å². The number of carbonyl (C=O) groups is 1. The SMILES string of the molecule is CC(C)COCC(NC(=O)Cc1ccc2c(c1)OCO2)C(C)(C)C. The van der Waals surface area contributed by atoms with Crippen LogP contribution in [0.3, 0.4) is 0 Å². The van der Waals surface area contributed by atoms with E-state index in [1.165, 1.54) is 0 Å². The first-order valence-corrected chi connectivity index (χ1v) is 8.51. The van der Waals surface area contributed by atoms with E-state index in [1.54, 1.807) is 0 Å². The van der Waals surface area contributed by atoms with Gasteiger partial charge in [-0.3, -0.25) is 4.79 Å². The quantitative estimate of drug-likeness (QED) is 0.831. The van der Waals surface area contributed by atoms with Crippen LogP contribution >= 0.6 is 0 Å².